The number of rotatable bonds is 3. The van der Waals surface area contributed by atoms with Gasteiger partial charge in [-0.15, -0.1) is 0 Å². The van der Waals surface area contributed by atoms with Crippen molar-refractivity contribution in [2.45, 2.75) is 6.61 Å². The Labute approximate surface area is 82.0 Å². The van der Waals surface area contributed by atoms with E-state index in [0.717, 1.165) is 17.1 Å². The summed E-state index contributed by atoms with van der Waals surface area (Å²) in [4.78, 5) is 11.4. The molecular formula is C10H11N3O. The second-order valence-corrected chi connectivity index (χ2v) is 2.92. The smallest absolute Gasteiger partial charge is 0.132 e. The van der Waals surface area contributed by atoms with Gasteiger partial charge in [0.05, 0.1) is 11.9 Å². The molecule has 0 saturated carbocycles. The third-order valence-corrected chi connectivity index (χ3v) is 1.88. The second kappa shape index (κ2) is 4.02. The average molecular weight is 189 g/mol. The molecule has 14 heavy (non-hydrogen) atoms. The van der Waals surface area contributed by atoms with Gasteiger partial charge >= 0.3 is 0 Å². The molecule has 0 aliphatic carbocycles. The normalized spacial score (nSPS) is 10.4. The van der Waals surface area contributed by atoms with Gasteiger partial charge in [0, 0.05) is 25.1 Å². The van der Waals surface area contributed by atoms with Crippen LogP contribution in [0.25, 0.3) is 11.3 Å². The van der Waals surface area contributed by atoms with Crippen LogP contribution >= 0.6 is 0 Å². The van der Waals surface area contributed by atoms with Crippen LogP contribution in [0.15, 0.2) is 30.7 Å². The number of imidazole rings is 1. The molecule has 0 radical (unpaired) electrons. The number of aromatic amines is 1. The molecule has 0 amide bonds. The first-order valence-electron chi connectivity index (χ1n) is 4.33. The fourth-order valence-corrected chi connectivity index (χ4v) is 1.24. The Kier molecular flexibility index (Phi) is 2.55. The number of hydrogen-bond acceptors (Lipinski definition) is 3. The Morgan fingerprint density at radius 1 is 1.43 bits per heavy atom. The highest BCUT2D eigenvalue weighted by atomic mass is 16.5. The lowest BCUT2D eigenvalue weighted by Gasteiger charge is -1.95. The van der Waals surface area contributed by atoms with E-state index in [1.165, 1.54) is 0 Å². The van der Waals surface area contributed by atoms with Gasteiger partial charge in [0.2, 0.25) is 0 Å². The van der Waals surface area contributed by atoms with Crippen molar-refractivity contribution in [3.8, 4) is 11.3 Å². The minimum Gasteiger partial charge on any atom is -0.377 e. The highest BCUT2D eigenvalue weighted by molar-refractivity contribution is 5.56. The second-order valence-electron chi connectivity index (χ2n) is 2.92. The number of methoxy groups -OCH3 is 1. The van der Waals surface area contributed by atoms with E-state index in [9.17, 15) is 0 Å². The molecule has 0 unspecified atom stereocenters. The minimum absolute atomic E-state index is 0.500. The van der Waals surface area contributed by atoms with Gasteiger partial charge in [0.15, 0.2) is 0 Å². The third-order valence-electron chi connectivity index (χ3n) is 1.88. The molecule has 2 aromatic heterocycles. The number of hydrogen-bond donors (Lipinski definition) is 1. The highest BCUT2D eigenvalue weighted by Crippen LogP contribution is 2.14. The van der Waals surface area contributed by atoms with Gasteiger partial charge in [-0.1, -0.05) is 0 Å². The fourth-order valence-electron chi connectivity index (χ4n) is 1.24. The summed E-state index contributed by atoms with van der Waals surface area (Å²) in [5.74, 6) is 0.825. The van der Waals surface area contributed by atoms with Crippen LogP contribution in [0.3, 0.4) is 0 Å². The molecule has 0 aliphatic rings. The lowest BCUT2D eigenvalue weighted by atomic mass is 10.2. The molecule has 0 fully saturated rings. The van der Waals surface area contributed by atoms with Gasteiger partial charge in [0.25, 0.3) is 0 Å². The molecular weight excluding hydrogens is 178 g/mol. The zero-order chi connectivity index (χ0) is 9.80. The maximum Gasteiger partial charge on any atom is 0.132 e. The highest BCUT2D eigenvalue weighted by Gasteiger charge is 2.01. The van der Waals surface area contributed by atoms with E-state index in [2.05, 4.69) is 15.0 Å². The first-order chi connectivity index (χ1) is 6.90. The van der Waals surface area contributed by atoms with Gasteiger partial charge < -0.3 is 9.72 Å². The van der Waals surface area contributed by atoms with Gasteiger partial charge in [0.1, 0.15) is 12.4 Å². The SMILES string of the molecule is COCc1ncc(-c2cccnc2)[nH]1. The molecule has 4 heteroatoms. The molecule has 0 saturated heterocycles. The van der Waals surface area contributed by atoms with Crippen molar-refractivity contribution in [2.75, 3.05) is 7.11 Å². The summed E-state index contributed by atoms with van der Waals surface area (Å²) in [5, 5.41) is 0. The Hall–Kier alpha value is -1.68. The van der Waals surface area contributed by atoms with Gasteiger partial charge in [-0.2, -0.15) is 0 Å². The summed E-state index contributed by atoms with van der Waals surface area (Å²) in [6.45, 7) is 0.500. The number of H-pyrrole nitrogens is 1. The van der Waals surface area contributed by atoms with Crippen LogP contribution in [0, 0.1) is 0 Å². The molecule has 0 atom stereocenters. The minimum atomic E-state index is 0.500. The van der Waals surface area contributed by atoms with Crippen LogP contribution in [0.5, 0.6) is 0 Å². The first-order valence-corrected chi connectivity index (χ1v) is 4.33. The number of nitrogens with one attached hydrogen (secondary N) is 1. The summed E-state index contributed by atoms with van der Waals surface area (Å²) in [6.07, 6.45) is 5.32. The largest absolute Gasteiger partial charge is 0.377 e. The fraction of sp³-hybridized carbons (Fsp3) is 0.200. The van der Waals surface area contributed by atoms with E-state index >= 15 is 0 Å². The Morgan fingerprint density at radius 3 is 3.07 bits per heavy atom. The van der Waals surface area contributed by atoms with E-state index in [0.29, 0.717) is 6.61 Å². The van der Waals surface area contributed by atoms with E-state index < -0.39 is 0 Å². The molecule has 4 nitrogen and oxygen atoms in total. The zero-order valence-corrected chi connectivity index (χ0v) is 7.90. The predicted molar refractivity (Wildman–Crippen MR) is 52.5 cm³/mol. The molecule has 1 N–H and O–H groups in total. The summed E-state index contributed by atoms with van der Waals surface area (Å²) in [7, 11) is 1.65. The maximum absolute atomic E-state index is 4.97. The van der Waals surface area contributed by atoms with E-state index in [1.807, 2.05) is 12.1 Å². The summed E-state index contributed by atoms with van der Waals surface area (Å²) in [5.41, 5.74) is 1.99. The zero-order valence-electron chi connectivity index (χ0n) is 7.90. The number of aromatic nitrogens is 3. The van der Waals surface area contributed by atoms with Crippen molar-refractivity contribution >= 4 is 0 Å². The van der Waals surface area contributed by atoms with Crippen molar-refractivity contribution in [1.82, 2.24) is 15.0 Å². The van der Waals surface area contributed by atoms with Crippen molar-refractivity contribution in [3.63, 3.8) is 0 Å². The Balaban J connectivity index is 2.25. The predicted octanol–water partition coefficient (Wildman–Crippen LogP) is 1.62. The lowest BCUT2D eigenvalue weighted by Crippen LogP contribution is -1.89. The molecule has 0 spiro atoms. The Morgan fingerprint density at radius 2 is 2.36 bits per heavy atom. The summed E-state index contributed by atoms with van der Waals surface area (Å²) < 4.78 is 4.97. The van der Waals surface area contributed by atoms with E-state index in [4.69, 9.17) is 4.74 Å². The Bertz CT molecular complexity index is 397. The molecule has 72 valence electrons. The van der Waals surface area contributed by atoms with Gasteiger partial charge in [-0.05, 0) is 12.1 Å². The molecule has 2 heterocycles. The van der Waals surface area contributed by atoms with Crippen LogP contribution in [0.4, 0.5) is 0 Å². The number of ether oxygens (including phenoxy) is 1. The van der Waals surface area contributed by atoms with Gasteiger partial charge in [-0.3, -0.25) is 4.98 Å². The molecule has 0 aliphatic heterocycles. The first kappa shape index (κ1) is 8.90. The lowest BCUT2D eigenvalue weighted by molar-refractivity contribution is 0.178. The number of nitrogens with zero attached hydrogens (tertiary/aromatic N) is 2. The van der Waals surface area contributed by atoms with Crippen molar-refractivity contribution < 1.29 is 4.74 Å². The quantitative estimate of drug-likeness (QED) is 0.798. The van der Waals surface area contributed by atoms with Crippen molar-refractivity contribution in [2.24, 2.45) is 0 Å². The standard InChI is InChI=1S/C10H11N3O/c1-14-7-10-12-6-9(13-10)8-3-2-4-11-5-8/h2-6H,7H2,1H3,(H,12,13). The molecule has 2 aromatic rings. The molecule has 2 rings (SSSR count). The molecule has 0 bridgehead atoms. The van der Waals surface area contributed by atoms with E-state index in [-0.39, 0.29) is 0 Å². The average Bonchev–Trinajstić information content (AvgIpc) is 2.68. The third kappa shape index (κ3) is 1.80. The maximum atomic E-state index is 4.97. The van der Waals surface area contributed by atoms with Crippen LogP contribution < -0.4 is 0 Å². The topological polar surface area (TPSA) is 50.8 Å². The van der Waals surface area contributed by atoms with Gasteiger partial charge in [-0.25, -0.2) is 4.98 Å². The van der Waals surface area contributed by atoms with Crippen molar-refractivity contribution in [3.05, 3.63) is 36.5 Å². The molecule has 0 aromatic carbocycles. The summed E-state index contributed by atoms with van der Waals surface area (Å²) in [6, 6.07) is 3.88. The van der Waals surface area contributed by atoms with Crippen LogP contribution in [0.2, 0.25) is 0 Å². The monoisotopic (exact) mass is 189 g/mol. The summed E-state index contributed by atoms with van der Waals surface area (Å²) >= 11 is 0. The van der Waals surface area contributed by atoms with Crippen LogP contribution in [0.1, 0.15) is 5.82 Å². The van der Waals surface area contributed by atoms with Crippen molar-refractivity contribution in [1.29, 1.82) is 0 Å². The van der Waals surface area contributed by atoms with Crippen LogP contribution in [-0.2, 0) is 11.3 Å². The van der Waals surface area contributed by atoms with Crippen LogP contribution in [-0.4, -0.2) is 22.1 Å². The van der Waals surface area contributed by atoms with E-state index in [1.54, 1.807) is 25.7 Å². The number of pyridine rings is 1.